The lowest BCUT2D eigenvalue weighted by Crippen LogP contribution is -2.31. The van der Waals surface area contributed by atoms with Gasteiger partial charge in [-0.15, -0.1) is 11.3 Å². The summed E-state index contributed by atoms with van der Waals surface area (Å²) in [7, 11) is 0. The quantitative estimate of drug-likeness (QED) is 0.352. The topological polar surface area (TPSA) is 49.8 Å². The lowest BCUT2D eigenvalue weighted by Gasteiger charge is -2.24. The molecule has 3 aromatic carbocycles. The van der Waals surface area contributed by atoms with Gasteiger partial charge in [-0.1, -0.05) is 72.8 Å². The second-order valence-electron chi connectivity index (χ2n) is 7.08. The summed E-state index contributed by atoms with van der Waals surface area (Å²) >= 11 is 1.63. The number of fused-ring (bicyclic) bond motifs is 1. The van der Waals surface area contributed by atoms with E-state index in [0.29, 0.717) is 19.5 Å². The smallest absolute Gasteiger partial charge is 0.407 e. The molecule has 0 aliphatic carbocycles. The van der Waals surface area contributed by atoms with Crippen molar-refractivity contribution < 1.29 is 14.6 Å². The summed E-state index contributed by atoms with van der Waals surface area (Å²) in [5, 5.41) is 13.9. The van der Waals surface area contributed by atoms with Crippen LogP contribution in [0.3, 0.4) is 0 Å². The SMILES string of the molecule is O=C(O)N(CC[C@H](Oc1cccc2ccccc12)c1cccs1)Cc1ccccc1. The van der Waals surface area contributed by atoms with Crippen molar-refractivity contribution >= 4 is 28.2 Å². The van der Waals surface area contributed by atoms with Gasteiger partial charge in [0.2, 0.25) is 0 Å². The van der Waals surface area contributed by atoms with Crippen molar-refractivity contribution in [3.8, 4) is 5.75 Å². The first-order valence-corrected chi connectivity index (χ1v) is 10.8. The summed E-state index contributed by atoms with van der Waals surface area (Å²) in [6, 6.07) is 27.9. The van der Waals surface area contributed by atoms with Gasteiger partial charge < -0.3 is 14.7 Å². The molecule has 0 saturated heterocycles. The van der Waals surface area contributed by atoms with E-state index in [4.69, 9.17) is 4.74 Å². The number of ether oxygens (including phenoxy) is 1. The summed E-state index contributed by atoms with van der Waals surface area (Å²) in [5.41, 5.74) is 0.975. The highest BCUT2D eigenvalue weighted by Crippen LogP contribution is 2.33. The van der Waals surface area contributed by atoms with Gasteiger partial charge in [-0.2, -0.15) is 0 Å². The van der Waals surface area contributed by atoms with Crippen LogP contribution in [-0.2, 0) is 6.54 Å². The van der Waals surface area contributed by atoms with Gasteiger partial charge in [0.15, 0.2) is 0 Å². The van der Waals surface area contributed by atoms with E-state index >= 15 is 0 Å². The zero-order valence-corrected chi connectivity index (χ0v) is 17.3. The molecule has 0 spiro atoms. The number of rotatable bonds is 8. The maximum Gasteiger partial charge on any atom is 0.407 e. The predicted octanol–water partition coefficient (Wildman–Crippen LogP) is 6.59. The predicted molar refractivity (Wildman–Crippen MR) is 121 cm³/mol. The van der Waals surface area contributed by atoms with E-state index in [1.54, 1.807) is 11.3 Å². The minimum absolute atomic E-state index is 0.214. The zero-order valence-electron chi connectivity index (χ0n) is 16.5. The highest BCUT2D eigenvalue weighted by molar-refractivity contribution is 7.10. The molecule has 5 heteroatoms. The second-order valence-corrected chi connectivity index (χ2v) is 8.06. The molecule has 1 amide bonds. The Morgan fingerprint density at radius 2 is 1.70 bits per heavy atom. The largest absolute Gasteiger partial charge is 0.484 e. The van der Waals surface area contributed by atoms with Crippen molar-refractivity contribution in [2.24, 2.45) is 0 Å². The molecule has 4 aromatic rings. The molecule has 0 aliphatic rings. The summed E-state index contributed by atoms with van der Waals surface area (Å²) in [4.78, 5) is 14.4. The fraction of sp³-hybridized carbons (Fsp3) is 0.160. The van der Waals surface area contributed by atoms with Crippen LogP contribution in [0.5, 0.6) is 5.75 Å². The van der Waals surface area contributed by atoms with Crippen LogP contribution in [-0.4, -0.2) is 22.6 Å². The van der Waals surface area contributed by atoms with Gasteiger partial charge in [0, 0.05) is 29.8 Å². The first-order chi connectivity index (χ1) is 14.7. The molecule has 0 radical (unpaired) electrons. The number of carboxylic acid groups (broad SMARTS) is 1. The Morgan fingerprint density at radius 3 is 2.47 bits per heavy atom. The molecular formula is C25H23NO3S. The van der Waals surface area contributed by atoms with Crippen LogP contribution in [0.25, 0.3) is 10.8 Å². The Morgan fingerprint density at radius 1 is 0.933 bits per heavy atom. The molecule has 0 unspecified atom stereocenters. The average molecular weight is 418 g/mol. The van der Waals surface area contributed by atoms with Gasteiger partial charge in [0.25, 0.3) is 0 Å². The Kier molecular flexibility index (Phi) is 6.30. The minimum Gasteiger partial charge on any atom is -0.484 e. The number of nitrogens with zero attached hydrogens (tertiary/aromatic N) is 1. The van der Waals surface area contributed by atoms with Crippen molar-refractivity contribution in [3.05, 3.63) is 101 Å². The van der Waals surface area contributed by atoms with Crippen LogP contribution >= 0.6 is 11.3 Å². The van der Waals surface area contributed by atoms with Gasteiger partial charge in [-0.05, 0) is 28.5 Å². The van der Waals surface area contributed by atoms with E-state index in [1.807, 2.05) is 72.1 Å². The van der Waals surface area contributed by atoms with Crippen molar-refractivity contribution in [2.45, 2.75) is 19.1 Å². The van der Waals surface area contributed by atoms with E-state index in [1.165, 1.54) is 4.90 Å². The molecule has 0 saturated carbocycles. The third-order valence-corrected chi connectivity index (χ3v) is 5.99. The van der Waals surface area contributed by atoms with Crippen molar-refractivity contribution in [2.75, 3.05) is 6.54 Å². The van der Waals surface area contributed by atoms with Crippen LogP contribution in [0.1, 0.15) is 23.0 Å². The molecule has 1 N–H and O–H groups in total. The summed E-state index contributed by atoms with van der Waals surface area (Å²) in [6.07, 6.45) is -0.564. The van der Waals surface area contributed by atoms with Gasteiger partial charge in [-0.3, -0.25) is 0 Å². The fourth-order valence-electron chi connectivity index (χ4n) is 3.50. The molecule has 4 rings (SSSR count). The fourth-order valence-corrected chi connectivity index (χ4v) is 4.29. The first-order valence-electron chi connectivity index (χ1n) is 9.90. The van der Waals surface area contributed by atoms with Gasteiger partial charge >= 0.3 is 6.09 Å². The third kappa shape index (κ3) is 4.81. The number of amides is 1. The number of hydrogen-bond acceptors (Lipinski definition) is 3. The van der Waals surface area contributed by atoms with Gasteiger partial charge in [0.05, 0.1) is 0 Å². The third-order valence-electron chi connectivity index (χ3n) is 5.03. The average Bonchev–Trinajstić information content (AvgIpc) is 3.31. The van der Waals surface area contributed by atoms with Crippen molar-refractivity contribution in [3.63, 3.8) is 0 Å². The van der Waals surface area contributed by atoms with Crippen LogP contribution in [0.2, 0.25) is 0 Å². The maximum absolute atomic E-state index is 11.8. The van der Waals surface area contributed by atoms with E-state index in [2.05, 4.69) is 18.2 Å². The van der Waals surface area contributed by atoms with Crippen LogP contribution < -0.4 is 4.74 Å². The molecule has 0 fully saturated rings. The number of hydrogen-bond donors (Lipinski definition) is 1. The van der Waals surface area contributed by atoms with Crippen LogP contribution in [0, 0.1) is 0 Å². The molecule has 152 valence electrons. The van der Waals surface area contributed by atoms with E-state index in [0.717, 1.165) is 27.0 Å². The lowest BCUT2D eigenvalue weighted by molar-refractivity contribution is 0.127. The highest BCUT2D eigenvalue weighted by atomic mass is 32.1. The Bertz CT molecular complexity index is 1090. The standard InChI is InChI=1S/C25H23NO3S/c27-25(28)26(18-19-8-2-1-3-9-19)16-15-23(24-14-7-17-30-24)29-22-13-6-11-20-10-4-5-12-21(20)22/h1-14,17,23H,15-16,18H2,(H,27,28)/t23-/m0/s1. The normalized spacial score (nSPS) is 11.9. The van der Waals surface area contributed by atoms with Crippen molar-refractivity contribution in [1.29, 1.82) is 0 Å². The highest BCUT2D eigenvalue weighted by Gasteiger charge is 2.20. The molecule has 1 atom stereocenters. The van der Waals surface area contributed by atoms with E-state index in [-0.39, 0.29) is 6.10 Å². The molecule has 1 aromatic heterocycles. The molecule has 1 heterocycles. The molecule has 0 aliphatic heterocycles. The summed E-state index contributed by atoms with van der Waals surface area (Å²) in [5.74, 6) is 0.816. The number of carbonyl (C=O) groups is 1. The second kappa shape index (κ2) is 9.46. The molecular weight excluding hydrogens is 394 g/mol. The molecule has 0 bridgehead atoms. The first kappa shape index (κ1) is 20.0. The van der Waals surface area contributed by atoms with Crippen LogP contribution in [0.4, 0.5) is 4.79 Å². The monoisotopic (exact) mass is 417 g/mol. The minimum atomic E-state index is -0.922. The van der Waals surface area contributed by atoms with Gasteiger partial charge in [-0.25, -0.2) is 4.79 Å². The Labute approximate surface area is 180 Å². The summed E-state index contributed by atoms with van der Waals surface area (Å²) in [6.45, 7) is 0.749. The Balaban J connectivity index is 1.53. The van der Waals surface area contributed by atoms with E-state index in [9.17, 15) is 9.90 Å². The Hall–Kier alpha value is -3.31. The van der Waals surface area contributed by atoms with Crippen LogP contribution in [0.15, 0.2) is 90.3 Å². The lowest BCUT2D eigenvalue weighted by atomic mass is 10.1. The molecule has 4 nitrogen and oxygen atoms in total. The van der Waals surface area contributed by atoms with Crippen molar-refractivity contribution in [1.82, 2.24) is 4.90 Å². The summed E-state index contributed by atoms with van der Waals surface area (Å²) < 4.78 is 6.44. The number of thiophene rings is 1. The number of benzene rings is 3. The van der Waals surface area contributed by atoms with Gasteiger partial charge in [0.1, 0.15) is 11.9 Å². The zero-order chi connectivity index (χ0) is 20.8. The van der Waals surface area contributed by atoms with E-state index < -0.39 is 6.09 Å². The molecule has 30 heavy (non-hydrogen) atoms. The maximum atomic E-state index is 11.8.